The van der Waals surface area contributed by atoms with Crippen LogP contribution in [0, 0.1) is 0 Å². The fraction of sp³-hybridized carbons (Fsp3) is 0.500. The minimum atomic E-state index is -0.0753. The van der Waals surface area contributed by atoms with Crippen molar-refractivity contribution in [2.75, 3.05) is 0 Å². The van der Waals surface area contributed by atoms with Gasteiger partial charge in [0.15, 0.2) is 0 Å². The van der Waals surface area contributed by atoms with Gasteiger partial charge in [0.2, 0.25) is 0 Å². The Morgan fingerprint density at radius 2 is 1.42 bits per heavy atom. The van der Waals surface area contributed by atoms with E-state index in [4.69, 9.17) is 13.6 Å². The van der Waals surface area contributed by atoms with E-state index < -0.39 is 0 Å². The summed E-state index contributed by atoms with van der Waals surface area (Å²) in [6.45, 7) is 4.30. The predicted molar refractivity (Wildman–Crippen MR) is 124 cm³/mol. The largest absolute Gasteiger partial charge is 0.359 e. The Balaban J connectivity index is 4.36. The SMILES string of the molecule is CC/C=C\CC(/C=C/C=C\C=C\C=C\C(OP)C(CCCC)OP)OP. The zero-order valence-corrected chi connectivity index (χ0v) is 19.5. The van der Waals surface area contributed by atoms with Gasteiger partial charge in [-0.2, -0.15) is 0 Å². The molecule has 0 aromatic rings. The lowest BCUT2D eigenvalue weighted by Gasteiger charge is -2.21. The molecule has 6 heteroatoms. The highest BCUT2D eigenvalue weighted by molar-refractivity contribution is 7.10. The van der Waals surface area contributed by atoms with Gasteiger partial charge in [-0.3, -0.25) is 0 Å². The Morgan fingerprint density at radius 3 is 1.96 bits per heavy atom. The molecule has 0 aliphatic carbocycles. The first-order valence-electron chi connectivity index (χ1n) is 9.13. The minimum absolute atomic E-state index is 0.0474. The van der Waals surface area contributed by atoms with E-state index in [2.05, 4.69) is 54.4 Å². The number of unbranched alkanes of at least 4 members (excludes halogenated alkanes) is 1. The van der Waals surface area contributed by atoms with Gasteiger partial charge < -0.3 is 13.6 Å². The number of hydrogen-bond donors (Lipinski definition) is 0. The van der Waals surface area contributed by atoms with Gasteiger partial charge in [0.25, 0.3) is 0 Å². The van der Waals surface area contributed by atoms with Crippen molar-refractivity contribution in [1.29, 1.82) is 0 Å². The first kappa shape index (κ1) is 25.9. The van der Waals surface area contributed by atoms with Crippen LogP contribution in [-0.2, 0) is 13.6 Å². The van der Waals surface area contributed by atoms with Crippen molar-refractivity contribution in [3.8, 4) is 0 Å². The summed E-state index contributed by atoms with van der Waals surface area (Å²) in [7, 11) is 7.00. The molecular formula is C20H35O3P3. The molecule has 0 fully saturated rings. The molecule has 0 aromatic carbocycles. The molecule has 0 amide bonds. The van der Waals surface area contributed by atoms with Crippen LogP contribution < -0.4 is 0 Å². The standard InChI is InChI=1S/C20H35O3P3/c1-3-5-11-14-18(21-24)15-12-9-7-8-10-13-17-20(23-26)19(22-25)16-6-4-2/h5,7-13,15,17-20H,3-4,6,14,16,24-26H2,1-2H3/b9-7-,10-8+,11-5-,15-12+,17-13+. The monoisotopic (exact) mass is 416 g/mol. The molecule has 0 aliphatic rings. The fourth-order valence-electron chi connectivity index (χ4n) is 2.17. The molecule has 148 valence electrons. The molecule has 0 spiro atoms. The molecular weight excluding hydrogens is 381 g/mol. The van der Waals surface area contributed by atoms with E-state index in [0.29, 0.717) is 0 Å². The second-order valence-corrected chi connectivity index (χ2v) is 6.56. The third-order valence-corrected chi connectivity index (χ3v) is 4.68. The molecule has 0 radical (unpaired) electrons. The maximum atomic E-state index is 5.45. The predicted octanol–water partition coefficient (Wildman–Crippen LogP) is 6.28. The summed E-state index contributed by atoms with van der Waals surface area (Å²) in [5.41, 5.74) is 0. The molecule has 3 nitrogen and oxygen atoms in total. The Morgan fingerprint density at radius 1 is 0.769 bits per heavy atom. The van der Waals surface area contributed by atoms with Crippen LogP contribution >= 0.6 is 28.4 Å². The van der Waals surface area contributed by atoms with E-state index in [-0.39, 0.29) is 18.3 Å². The normalized spacial score (nSPS) is 16.7. The summed E-state index contributed by atoms with van der Waals surface area (Å²) in [6.07, 6.45) is 25.5. The van der Waals surface area contributed by atoms with Crippen LogP contribution in [0.2, 0.25) is 0 Å². The maximum absolute atomic E-state index is 5.45. The van der Waals surface area contributed by atoms with E-state index in [1.807, 2.05) is 48.6 Å². The van der Waals surface area contributed by atoms with Crippen LogP contribution in [0.5, 0.6) is 0 Å². The molecule has 0 bridgehead atoms. The summed E-state index contributed by atoms with van der Waals surface area (Å²) in [4.78, 5) is 0. The van der Waals surface area contributed by atoms with Gasteiger partial charge in [0, 0.05) is 28.4 Å². The van der Waals surface area contributed by atoms with Crippen LogP contribution in [0.4, 0.5) is 0 Å². The van der Waals surface area contributed by atoms with Gasteiger partial charge in [-0.25, -0.2) is 0 Å². The average Bonchev–Trinajstić information content (AvgIpc) is 2.67. The Hall–Kier alpha value is -0.130. The highest BCUT2D eigenvalue weighted by Crippen LogP contribution is 2.18. The fourth-order valence-corrected chi connectivity index (χ4v) is 2.93. The highest BCUT2D eigenvalue weighted by atomic mass is 31.0. The zero-order valence-electron chi connectivity index (χ0n) is 16.0. The summed E-state index contributed by atoms with van der Waals surface area (Å²) in [6, 6.07) is 0. The molecule has 26 heavy (non-hydrogen) atoms. The van der Waals surface area contributed by atoms with E-state index in [1.165, 1.54) is 0 Å². The topological polar surface area (TPSA) is 27.7 Å². The van der Waals surface area contributed by atoms with E-state index in [0.717, 1.165) is 32.1 Å². The lowest BCUT2D eigenvalue weighted by Crippen LogP contribution is -2.25. The molecule has 0 aromatic heterocycles. The molecule has 6 atom stereocenters. The van der Waals surface area contributed by atoms with Crippen molar-refractivity contribution in [3.05, 3.63) is 60.8 Å². The van der Waals surface area contributed by atoms with Crippen molar-refractivity contribution >= 4 is 28.4 Å². The van der Waals surface area contributed by atoms with Crippen LogP contribution in [0.15, 0.2) is 60.8 Å². The highest BCUT2D eigenvalue weighted by Gasteiger charge is 2.17. The quantitative estimate of drug-likeness (QED) is 0.179. The van der Waals surface area contributed by atoms with Crippen molar-refractivity contribution in [3.63, 3.8) is 0 Å². The van der Waals surface area contributed by atoms with Gasteiger partial charge in [-0.15, -0.1) is 0 Å². The van der Waals surface area contributed by atoms with Crippen molar-refractivity contribution in [2.45, 2.75) is 64.3 Å². The van der Waals surface area contributed by atoms with Gasteiger partial charge in [-0.1, -0.05) is 87.4 Å². The molecule has 0 aliphatic heterocycles. The van der Waals surface area contributed by atoms with Crippen LogP contribution in [-0.4, -0.2) is 18.3 Å². The second kappa shape index (κ2) is 19.6. The van der Waals surface area contributed by atoms with Gasteiger partial charge in [0.05, 0.1) is 12.2 Å². The molecule has 0 heterocycles. The molecule has 0 saturated heterocycles. The lowest BCUT2D eigenvalue weighted by molar-refractivity contribution is 0.105. The van der Waals surface area contributed by atoms with Crippen molar-refractivity contribution in [1.82, 2.24) is 0 Å². The third-order valence-electron chi connectivity index (χ3n) is 3.67. The first-order chi connectivity index (χ1) is 12.7. The Kier molecular flexibility index (Phi) is 19.5. The maximum Gasteiger partial charge on any atom is 0.106 e. The summed E-state index contributed by atoms with van der Waals surface area (Å²) in [5.74, 6) is 0. The van der Waals surface area contributed by atoms with Crippen LogP contribution in [0.25, 0.3) is 0 Å². The van der Waals surface area contributed by atoms with Crippen LogP contribution in [0.1, 0.15) is 46.0 Å². The molecule has 6 unspecified atom stereocenters. The summed E-state index contributed by atoms with van der Waals surface area (Å²) in [5, 5.41) is 0. The Labute approximate surface area is 167 Å². The number of rotatable bonds is 15. The summed E-state index contributed by atoms with van der Waals surface area (Å²) >= 11 is 0. The number of allylic oxidation sites excluding steroid dienone is 7. The second-order valence-electron chi connectivity index (χ2n) is 5.75. The molecule has 0 N–H and O–H groups in total. The average molecular weight is 416 g/mol. The smallest absolute Gasteiger partial charge is 0.106 e. The van der Waals surface area contributed by atoms with E-state index in [9.17, 15) is 0 Å². The Bertz CT molecular complexity index is 459. The van der Waals surface area contributed by atoms with E-state index >= 15 is 0 Å². The van der Waals surface area contributed by atoms with Crippen molar-refractivity contribution in [2.24, 2.45) is 0 Å². The van der Waals surface area contributed by atoms with Gasteiger partial charge >= 0.3 is 0 Å². The number of hydrogen-bond acceptors (Lipinski definition) is 3. The van der Waals surface area contributed by atoms with Crippen LogP contribution in [0.3, 0.4) is 0 Å². The molecule has 0 rings (SSSR count). The van der Waals surface area contributed by atoms with Gasteiger partial charge in [0.1, 0.15) is 6.10 Å². The van der Waals surface area contributed by atoms with Gasteiger partial charge in [-0.05, 0) is 19.3 Å². The van der Waals surface area contributed by atoms with Crippen molar-refractivity contribution < 1.29 is 13.6 Å². The first-order valence-corrected chi connectivity index (χ1v) is 10.5. The zero-order chi connectivity index (χ0) is 19.5. The molecule has 0 saturated carbocycles. The van der Waals surface area contributed by atoms with E-state index in [1.54, 1.807) is 0 Å². The summed E-state index contributed by atoms with van der Waals surface area (Å²) < 4.78 is 16.2. The third kappa shape index (κ3) is 14.0. The minimum Gasteiger partial charge on any atom is -0.359 e. The lowest BCUT2D eigenvalue weighted by atomic mass is 10.1.